The van der Waals surface area contributed by atoms with Gasteiger partial charge in [-0.25, -0.2) is 9.59 Å². The molecule has 3 aromatic rings. The van der Waals surface area contributed by atoms with Crippen LogP contribution in [0.25, 0.3) is 11.0 Å². The molecular formula is C39H48O9. The first-order chi connectivity index (χ1) is 22.9. The van der Waals surface area contributed by atoms with Gasteiger partial charge in [0.1, 0.15) is 23.7 Å². The second-order valence-corrected chi connectivity index (χ2v) is 14.2. The number of hydrogen-bond donors (Lipinski definition) is 1. The molecule has 3 aliphatic heterocycles. The van der Waals surface area contributed by atoms with Crippen molar-refractivity contribution in [3.8, 4) is 5.75 Å². The maximum absolute atomic E-state index is 14.0. The quantitative estimate of drug-likeness (QED) is 0.0945. The molecule has 4 heterocycles. The van der Waals surface area contributed by atoms with Crippen LogP contribution in [-0.2, 0) is 43.1 Å². The van der Waals surface area contributed by atoms with Crippen LogP contribution in [0.1, 0.15) is 95.6 Å². The Morgan fingerprint density at radius 1 is 0.979 bits per heavy atom. The number of allylic oxidation sites excluding steroid dienone is 1. The van der Waals surface area contributed by atoms with Crippen molar-refractivity contribution in [3.63, 3.8) is 0 Å². The lowest BCUT2D eigenvalue weighted by Gasteiger charge is -2.43. The summed E-state index contributed by atoms with van der Waals surface area (Å²) >= 11 is 0. The van der Waals surface area contributed by atoms with Gasteiger partial charge in [-0.05, 0) is 94.5 Å². The Bertz CT molecular complexity index is 1710. The van der Waals surface area contributed by atoms with E-state index in [1.165, 1.54) is 0 Å². The summed E-state index contributed by atoms with van der Waals surface area (Å²) in [5, 5.41) is 9.59. The number of benzene rings is 2. The Labute approximate surface area is 282 Å². The van der Waals surface area contributed by atoms with E-state index in [2.05, 4.69) is 38.1 Å². The highest BCUT2D eigenvalue weighted by atomic mass is 16.6. The Morgan fingerprint density at radius 2 is 1.71 bits per heavy atom. The smallest absolute Gasteiger partial charge is 0.339 e. The zero-order valence-corrected chi connectivity index (χ0v) is 28.9. The summed E-state index contributed by atoms with van der Waals surface area (Å²) in [5.41, 5.74) is 2.89. The summed E-state index contributed by atoms with van der Waals surface area (Å²) < 4.78 is 30.0. The molecular weight excluding hydrogens is 612 g/mol. The van der Waals surface area contributed by atoms with Crippen LogP contribution in [0.3, 0.4) is 0 Å². The van der Waals surface area contributed by atoms with Crippen molar-refractivity contribution < 1.29 is 38.1 Å². The Kier molecular flexibility index (Phi) is 11.1. The summed E-state index contributed by atoms with van der Waals surface area (Å²) in [6.07, 6.45) is 1.96. The predicted octanol–water partition coefficient (Wildman–Crippen LogP) is 6.94. The van der Waals surface area contributed by atoms with Gasteiger partial charge in [0, 0.05) is 29.4 Å². The summed E-state index contributed by atoms with van der Waals surface area (Å²) in [6, 6.07) is 13.7. The minimum Gasteiger partial charge on any atom is -0.483 e. The SMILES string of the molecule is CC(C)=C1CCc2ccc(cc2)CC(CCC(C)C)CC(=O)OC2c3c(ccc4cc(CCOCO)c(=O)oc34)OC(C)(C)C2OC1=O. The number of ether oxygens (including phenoxy) is 4. The molecule has 9 heteroatoms. The molecule has 0 spiro atoms. The number of fused-ring (bicyclic) bond motifs is 13. The van der Waals surface area contributed by atoms with Gasteiger partial charge in [-0.2, -0.15) is 0 Å². The second kappa shape index (κ2) is 15.1. The highest BCUT2D eigenvalue weighted by Crippen LogP contribution is 2.47. The molecule has 258 valence electrons. The molecule has 0 radical (unpaired) electrons. The molecule has 2 bridgehead atoms. The monoisotopic (exact) mass is 660 g/mol. The average Bonchev–Trinajstić information content (AvgIpc) is 3.01. The summed E-state index contributed by atoms with van der Waals surface area (Å²) in [7, 11) is 0. The molecule has 0 aliphatic carbocycles. The van der Waals surface area contributed by atoms with Crippen LogP contribution < -0.4 is 10.4 Å². The van der Waals surface area contributed by atoms with Crippen molar-refractivity contribution in [1.29, 1.82) is 0 Å². The lowest BCUT2D eigenvalue weighted by molar-refractivity contribution is -0.188. The van der Waals surface area contributed by atoms with Crippen LogP contribution >= 0.6 is 0 Å². The molecule has 6 rings (SSSR count). The average molecular weight is 661 g/mol. The molecule has 3 aliphatic rings. The summed E-state index contributed by atoms with van der Waals surface area (Å²) in [6.45, 7) is 11.4. The zero-order valence-electron chi connectivity index (χ0n) is 28.9. The maximum atomic E-state index is 14.0. The third kappa shape index (κ3) is 8.18. The van der Waals surface area contributed by atoms with Crippen molar-refractivity contribution in [1.82, 2.24) is 0 Å². The molecule has 0 fully saturated rings. The van der Waals surface area contributed by atoms with E-state index in [4.69, 9.17) is 28.5 Å². The van der Waals surface area contributed by atoms with Crippen LogP contribution in [0.5, 0.6) is 5.75 Å². The predicted molar refractivity (Wildman–Crippen MR) is 182 cm³/mol. The minimum absolute atomic E-state index is 0.0402. The van der Waals surface area contributed by atoms with Crippen molar-refractivity contribution in [3.05, 3.63) is 86.3 Å². The molecule has 0 saturated heterocycles. The van der Waals surface area contributed by atoms with Gasteiger partial charge in [-0.3, -0.25) is 4.79 Å². The lowest BCUT2D eigenvalue weighted by Crippen LogP contribution is -2.52. The van der Waals surface area contributed by atoms with Crippen molar-refractivity contribution in [2.24, 2.45) is 11.8 Å². The number of hydrogen-bond acceptors (Lipinski definition) is 9. The van der Waals surface area contributed by atoms with E-state index < -0.39 is 42.2 Å². The first-order valence-electron chi connectivity index (χ1n) is 17.0. The molecule has 0 amide bonds. The number of aliphatic hydroxyl groups is 1. The molecule has 3 atom stereocenters. The number of carbonyl (C=O) groups excluding carboxylic acids is 2. The fraction of sp³-hybridized carbons (Fsp3) is 0.513. The summed E-state index contributed by atoms with van der Waals surface area (Å²) in [5.74, 6) is -0.0353. The maximum Gasteiger partial charge on any atom is 0.339 e. The topological polar surface area (TPSA) is 122 Å². The largest absolute Gasteiger partial charge is 0.483 e. The number of aryl methyl sites for hydroxylation is 1. The Morgan fingerprint density at radius 3 is 2.40 bits per heavy atom. The minimum atomic E-state index is -1.11. The molecule has 3 unspecified atom stereocenters. The van der Waals surface area contributed by atoms with Crippen LogP contribution in [0, 0.1) is 11.8 Å². The van der Waals surface area contributed by atoms with Crippen molar-refractivity contribution in [2.45, 2.75) is 104 Å². The van der Waals surface area contributed by atoms with E-state index >= 15 is 0 Å². The van der Waals surface area contributed by atoms with E-state index in [0.717, 1.165) is 36.0 Å². The van der Waals surface area contributed by atoms with Gasteiger partial charge in [0.15, 0.2) is 12.2 Å². The molecule has 48 heavy (non-hydrogen) atoms. The second-order valence-electron chi connectivity index (χ2n) is 14.2. The number of carbonyl (C=O) groups is 2. The first kappa shape index (κ1) is 35.4. The third-order valence-corrected chi connectivity index (χ3v) is 9.36. The van der Waals surface area contributed by atoms with E-state index in [1.54, 1.807) is 32.0 Å². The number of esters is 2. The molecule has 1 N–H and O–H groups in total. The van der Waals surface area contributed by atoms with Gasteiger partial charge in [0.25, 0.3) is 0 Å². The van der Waals surface area contributed by atoms with E-state index in [0.29, 0.717) is 46.6 Å². The molecule has 9 nitrogen and oxygen atoms in total. The Hall–Kier alpha value is -3.95. The van der Waals surface area contributed by atoms with E-state index in [1.807, 2.05) is 13.8 Å². The fourth-order valence-corrected chi connectivity index (χ4v) is 6.65. The van der Waals surface area contributed by atoms with Crippen LogP contribution in [0.4, 0.5) is 0 Å². The molecule has 0 saturated carbocycles. The van der Waals surface area contributed by atoms with Gasteiger partial charge < -0.3 is 28.5 Å². The van der Waals surface area contributed by atoms with Crippen molar-refractivity contribution >= 4 is 22.9 Å². The first-order valence-corrected chi connectivity index (χ1v) is 17.0. The third-order valence-electron chi connectivity index (χ3n) is 9.36. The van der Waals surface area contributed by atoms with E-state index in [9.17, 15) is 14.4 Å². The van der Waals surface area contributed by atoms with Crippen LogP contribution in [0.15, 0.2) is 62.8 Å². The van der Waals surface area contributed by atoms with Gasteiger partial charge in [-0.1, -0.05) is 50.1 Å². The van der Waals surface area contributed by atoms with Crippen LogP contribution in [0.2, 0.25) is 0 Å². The standard InChI is InChI=1S/C39H48O9/c1-23(2)7-8-27-19-26-11-9-25(10-12-26)13-15-30(24(3)4)38(43)47-36-35(45-32(41)20-27)33-31(48-39(36,5)6)16-14-28-21-29(17-18-44-22-40)37(42)46-34(28)33/h9-12,14,16,21,23,27,35-36,40H,7-8,13,15,17-20,22H2,1-6H3. The number of aliphatic hydroxyl groups excluding tert-OH is 1. The highest BCUT2D eigenvalue weighted by Gasteiger charge is 2.50. The summed E-state index contributed by atoms with van der Waals surface area (Å²) in [4.78, 5) is 41.1. The molecule has 2 aromatic carbocycles. The van der Waals surface area contributed by atoms with Gasteiger partial charge in [0.2, 0.25) is 0 Å². The van der Waals surface area contributed by atoms with Gasteiger partial charge >= 0.3 is 17.6 Å². The zero-order chi connectivity index (χ0) is 34.6. The Balaban J connectivity index is 1.62. The van der Waals surface area contributed by atoms with Gasteiger partial charge in [-0.15, -0.1) is 0 Å². The molecule has 1 aromatic heterocycles. The van der Waals surface area contributed by atoms with Crippen molar-refractivity contribution in [2.75, 3.05) is 13.4 Å². The highest BCUT2D eigenvalue weighted by molar-refractivity contribution is 5.90. The van der Waals surface area contributed by atoms with Crippen LogP contribution in [-0.4, -0.2) is 42.1 Å². The lowest BCUT2D eigenvalue weighted by atomic mass is 9.86. The van der Waals surface area contributed by atoms with E-state index in [-0.39, 0.29) is 30.9 Å². The van der Waals surface area contributed by atoms with Gasteiger partial charge in [0.05, 0.1) is 12.2 Å². The normalized spacial score (nSPS) is 21.3. The fourth-order valence-electron chi connectivity index (χ4n) is 6.65. The number of rotatable bonds is 7.